The van der Waals surface area contributed by atoms with Crippen molar-refractivity contribution < 1.29 is 0 Å². The summed E-state index contributed by atoms with van der Waals surface area (Å²) in [5, 5.41) is 4.77. The highest BCUT2D eigenvalue weighted by Crippen LogP contribution is 2.67. The molecule has 2 heterocycles. The molecule has 1 unspecified atom stereocenters. The molecule has 8 aromatic carbocycles. The second-order valence-electron chi connectivity index (χ2n) is 15.2. The smallest absolute Gasteiger partial charge is 0.0972 e. The summed E-state index contributed by atoms with van der Waals surface area (Å²) in [5.74, 6) is 0. The summed E-state index contributed by atoms with van der Waals surface area (Å²) in [7, 11) is 0. The fraction of sp³-hybridized carbons (Fsp3) is 0.0189. The standard InChI is InChI=1S/C53H30N2/c1-2-11-31(12-3-1)35-24-26-37-36-16-4-6-20-42(36)53(44(37)29-35)43-21-7-5-17-39(43)49-45(53)30-41-38-18-8-13-32-14-9-19-40(47(32)38)48(41)50(49)46-27-25-34-23-22-33-15-10-28-54-51(33)52(34)55-46/h1-30H. The number of hydrogen-bond donors (Lipinski definition) is 0. The Hall–Kier alpha value is -7.16. The van der Waals surface area contributed by atoms with Crippen LogP contribution in [-0.4, -0.2) is 9.97 Å². The van der Waals surface area contributed by atoms with Crippen LogP contribution in [0.3, 0.4) is 0 Å². The molecule has 0 bridgehead atoms. The molecule has 3 aliphatic carbocycles. The molecule has 3 aliphatic rings. The normalized spacial score (nSPS) is 15.3. The Morgan fingerprint density at radius 2 is 1.02 bits per heavy atom. The first-order valence-corrected chi connectivity index (χ1v) is 19.1. The first-order chi connectivity index (χ1) is 27.3. The molecule has 2 nitrogen and oxygen atoms in total. The van der Waals surface area contributed by atoms with Gasteiger partial charge in [0.25, 0.3) is 0 Å². The predicted molar refractivity (Wildman–Crippen MR) is 226 cm³/mol. The Bertz CT molecular complexity index is 3320. The molecule has 1 atom stereocenters. The number of fused-ring (bicyclic) bond motifs is 16. The maximum atomic E-state index is 5.62. The van der Waals surface area contributed by atoms with Crippen LogP contribution >= 0.6 is 0 Å². The number of hydrogen-bond acceptors (Lipinski definition) is 2. The van der Waals surface area contributed by atoms with Crippen LogP contribution in [0.15, 0.2) is 182 Å². The maximum absolute atomic E-state index is 5.62. The van der Waals surface area contributed by atoms with Gasteiger partial charge < -0.3 is 0 Å². The highest BCUT2D eigenvalue weighted by atomic mass is 14.8. The van der Waals surface area contributed by atoms with Crippen LogP contribution in [-0.2, 0) is 5.41 Å². The van der Waals surface area contributed by atoms with Crippen molar-refractivity contribution in [1.82, 2.24) is 9.97 Å². The van der Waals surface area contributed by atoms with Crippen LogP contribution in [0, 0.1) is 0 Å². The molecule has 0 aliphatic heterocycles. The summed E-state index contributed by atoms with van der Waals surface area (Å²) >= 11 is 0. The van der Waals surface area contributed by atoms with Gasteiger partial charge in [0, 0.05) is 28.1 Å². The van der Waals surface area contributed by atoms with Gasteiger partial charge in [-0.15, -0.1) is 0 Å². The fourth-order valence-corrected chi connectivity index (χ4v) is 10.5. The van der Waals surface area contributed by atoms with Gasteiger partial charge in [-0.25, -0.2) is 4.98 Å². The molecule has 55 heavy (non-hydrogen) atoms. The molecule has 0 saturated heterocycles. The minimum atomic E-state index is -0.528. The van der Waals surface area contributed by atoms with E-state index in [2.05, 4.69) is 170 Å². The molecule has 1 spiro atoms. The number of pyridine rings is 2. The minimum Gasteiger partial charge on any atom is -0.254 e. The molecule has 10 aromatic rings. The highest BCUT2D eigenvalue weighted by molar-refractivity contribution is 6.21. The quantitative estimate of drug-likeness (QED) is 0.168. The number of aromatic nitrogens is 2. The fourth-order valence-electron chi connectivity index (χ4n) is 10.5. The molecule has 252 valence electrons. The molecule has 13 rings (SSSR count). The van der Waals surface area contributed by atoms with Gasteiger partial charge in [-0.3, -0.25) is 4.98 Å². The van der Waals surface area contributed by atoms with Crippen molar-refractivity contribution >= 4 is 32.6 Å². The van der Waals surface area contributed by atoms with Crippen LogP contribution < -0.4 is 0 Å². The van der Waals surface area contributed by atoms with E-state index in [-0.39, 0.29) is 0 Å². The van der Waals surface area contributed by atoms with E-state index in [1.54, 1.807) is 0 Å². The third-order valence-corrected chi connectivity index (χ3v) is 12.6. The molecule has 0 radical (unpaired) electrons. The number of nitrogens with zero attached hydrogens (tertiary/aromatic N) is 2. The van der Waals surface area contributed by atoms with E-state index in [9.17, 15) is 0 Å². The lowest BCUT2D eigenvalue weighted by Gasteiger charge is -2.31. The lowest BCUT2D eigenvalue weighted by atomic mass is 9.69. The van der Waals surface area contributed by atoms with E-state index in [1.165, 1.54) is 94.2 Å². The Morgan fingerprint density at radius 1 is 0.345 bits per heavy atom. The predicted octanol–water partition coefficient (Wildman–Crippen LogP) is 13.3. The second kappa shape index (κ2) is 10.5. The third-order valence-electron chi connectivity index (χ3n) is 12.6. The molecule has 0 saturated carbocycles. The summed E-state index contributed by atoms with van der Waals surface area (Å²) in [5.41, 5.74) is 21.5. The number of rotatable bonds is 2. The van der Waals surface area contributed by atoms with E-state index >= 15 is 0 Å². The number of benzene rings is 8. The first kappa shape index (κ1) is 29.3. The Morgan fingerprint density at radius 3 is 1.87 bits per heavy atom. The van der Waals surface area contributed by atoms with E-state index in [0.29, 0.717) is 0 Å². The van der Waals surface area contributed by atoms with E-state index in [4.69, 9.17) is 9.97 Å². The van der Waals surface area contributed by atoms with Gasteiger partial charge in [-0.05, 0) is 107 Å². The average molecular weight is 695 g/mol. The first-order valence-electron chi connectivity index (χ1n) is 19.1. The van der Waals surface area contributed by atoms with Crippen molar-refractivity contribution in [2.45, 2.75) is 5.41 Å². The van der Waals surface area contributed by atoms with Crippen molar-refractivity contribution in [3.8, 4) is 66.9 Å². The van der Waals surface area contributed by atoms with Gasteiger partial charge in [0.15, 0.2) is 0 Å². The van der Waals surface area contributed by atoms with Gasteiger partial charge in [0.2, 0.25) is 0 Å². The summed E-state index contributed by atoms with van der Waals surface area (Å²) < 4.78 is 0. The second-order valence-corrected chi connectivity index (χ2v) is 15.2. The van der Waals surface area contributed by atoms with Gasteiger partial charge in [0.05, 0.1) is 22.1 Å². The zero-order chi connectivity index (χ0) is 35.8. The molecule has 0 fully saturated rings. The maximum Gasteiger partial charge on any atom is 0.0972 e. The van der Waals surface area contributed by atoms with E-state index < -0.39 is 5.41 Å². The largest absolute Gasteiger partial charge is 0.254 e. The third kappa shape index (κ3) is 3.64. The van der Waals surface area contributed by atoms with E-state index in [0.717, 1.165) is 27.5 Å². The van der Waals surface area contributed by atoms with Gasteiger partial charge in [0.1, 0.15) is 0 Å². The van der Waals surface area contributed by atoms with Gasteiger partial charge in [-0.2, -0.15) is 0 Å². The lowest BCUT2D eigenvalue weighted by molar-refractivity contribution is 0.794. The van der Waals surface area contributed by atoms with Crippen LogP contribution in [0.4, 0.5) is 0 Å². The highest BCUT2D eigenvalue weighted by Gasteiger charge is 2.53. The molecular formula is C53H30N2. The van der Waals surface area contributed by atoms with Crippen molar-refractivity contribution in [3.63, 3.8) is 0 Å². The van der Waals surface area contributed by atoms with Crippen LogP contribution in [0.2, 0.25) is 0 Å². The SMILES string of the molecule is c1ccc(-c2ccc3c(c2)C2(c4ccccc4-3)c3ccccc3-c3c2cc2c(c3-c3ccc4ccc5cccnc5c4n3)-c3cccc4cccc-2c34)cc1. The Kier molecular flexibility index (Phi) is 5.59. The Balaban J connectivity index is 1.22. The molecule has 0 N–H and O–H groups in total. The van der Waals surface area contributed by atoms with Crippen molar-refractivity contribution in [2.75, 3.05) is 0 Å². The van der Waals surface area contributed by atoms with Crippen molar-refractivity contribution in [2.24, 2.45) is 0 Å². The lowest BCUT2D eigenvalue weighted by Crippen LogP contribution is -2.26. The van der Waals surface area contributed by atoms with Crippen molar-refractivity contribution in [1.29, 1.82) is 0 Å². The summed E-state index contributed by atoms with van der Waals surface area (Å²) in [6, 6.07) is 65.3. The monoisotopic (exact) mass is 694 g/mol. The molecule has 2 aromatic heterocycles. The van der Waals surface area contributed by atoms with E-state index in [1.807, 2.05) is 12.3 Å². The minimum absolute atomic E-state index is 0.528. The van der Waals surface area contributed by atoms with Gasteiger partial charge in [-0.1, -0.05) is 152 Å². The molecular weight excluding hydrogens is 665 g/mol. The van der Waals surface area contributed by atoms with Crippen LogP contribution in [0.1, 0.15) is 22.3 Å². The van der Waals surface area contributed by atoms with Gasteiger partial charge >= 0.3 is 0 Å². The van der Waals surface area contributed by atoms with Crippen molar-refractivity contribution in [3.05, 3.63) is 204 Å². The Labute approximate surface area is 318 Å². The zero-order valence-electron chi connectivity index (χ0n) is 29.7. The molecule has 0 amide bonds. The zero-order valence-corrected chi connectivity index (χ0v) is 29.7. The summed E-state index contributed by atoms with van der Waals surface area (Å²) in [4.78, 5) is 10.5. The molecule has 2 heteroatoms. The average Bonchev–Trinajstić information content (AvgIpc) is 3.85. The van der Waals surface area contributed by atoms with Crippen LogP contribution in [0.25, 0.3) is 99.5 Å². The summed E-state index contributed by atoms with van der Waals surface area (Å²) in [6.45, 7) is 0. The summed E-state index contributed by atoms with van der Waals surface area (Å²) in [6.07, 6.45) is 1.88. The van der Waals surface area contributed by atoms with Crippen LogP contribution in [0.5, 0.6) is 0 Å². The topological polar surface area (TPSA) is 25.8 Å².